The molecule has 0 unspecified atom stereocenters. The zero-order chi connectivity index (χ0) is 11.2. The van der Waals surface area contributed by atoms with Crippen LogP contribution in [0.25, 0.3) is 0 Å². The molecule has 1 aromatic heterocycles. The van der Waals surface area contributed by atoms with Gasteiger partial charge in [0.1, 0.15) is 0 Å². The molecule has 90 valence electrons. The Morgan fingerprint density at radius 2 is 2.31 bits per heavy atom. The van der Waals surface area contributed by atoms with E-state index in [2.05, 4.69) is 27.3 Å². The smallest absolute Gasteiger partial charge is 0.0490 e. The van der Waals surface area contributed by atoms with Crippen LogP contribution >= 0.6 is 0 Å². The third-order valence-electron chi connectivity index (χ3n) is 3.35. The van der Waals surface area contributed by atoms with E-state index in [0.717, 1.165) is 24.7 Å². The second kappa shape index (κ2) is 6.01. The highest BCUT2D eigenvalue weighted by Gasteiger charge is 2.14. The zero-order valence-corrected chi connectivity index (χ0v) is 10.1. The molecule has 0 atom stereocenters. The van der Waals surface area contributed by atoms with Crippen LogP contribution in [0.2, 0.25) is 0 Å². The van der Waals surface area contributed by atoms with Crippen molar-refractivity contribution in [2.24, 2.45) is 5.92 Å². The van der Waals surface area contributed by atoms with Gasteiger partial charge in [-0.2, -0.15) is 5.10 Å². The van der Waals surface area contributed by atoms with Gasteiger partial charge in [-0.3, -0.25) is 5.10 Å². The Balaban J connectivity index is 1.55. The first-order valence-electron chi connectivity index (χ1n) is 6.26. The quantitative estimate of drug-likeness (QED) is 0.737. The minimum Gasteiger partial charge on any atom is -0.310 e. The number of hydrogen-bond acceptors (Lipinski definition) is 3. The average molecular weight is 222 g/mol. The molecule has 1 aliphatic rings. The van der Waals surface area contributed by atoms with Crippen LogP contribution in [0.4, 0.5) is 0 Å². The SMILES string of the molecule is CC1CCN(CCNCc2ccn[nH]2)CC1. The highest BCUT2D eigenvalue weighted by molar-refractivity contribution is 4.96. The maximum Gasteiger partial charge on any atom is 0.0490 e. The van der Waals surface area contributed by atoms with E-state index >= 15 is 0 Å². The molecule has 2 rings (SSSR count). The van der Waals surface area contributed by atoms with Gasteiger partial charge < -0.3 is 10.2 Å². The van der Waals surface area contributed by atoms with Crippen molar-refractivity contribution in [1.29, 1.82) is 0 Å². The number of aromatic nitrogens is 2. The lowest BCUT2D eigenvalue weighted by molar-refractivity contribution is 0.193. The van der Waals surface area contributed by atoms with Crippen LogP contribution in [-0.4, -0.2) is 41.3 Å². The molecule has 0 spiro atoms. The van der Waals surface area contributed by atoms with E-state index in [1.165, 1.54) is 32.5 Å². The summed E-state index contributed by atoms with van der Waals surface area (Å²) < 4.78 is 0. The van der Waals surface area contributed by atoms with Gasteiger partial charge in [0.05, 0.1) is 0 Å². The third-order valence-corrected chi connectivity index (χ3v) is 3.35. The zero-order valence-electron chi connectivity index (χ0n) is 10.1. The first kappa shape index (κ1) is 11.6. The van der Waals surface area contributed by atoms with Gasteiger partial charge in [0, 0.05) is 31.5 Å². The number of H-pyrrole nitrogens is 1. The minimum absolute atomic E-state index is 0.893. The number of hydrogen-bond donors (Lipinski definition) is 2. The molecule has 0 aliphatic carbocycles. The van der Waals surface area contributed by atoms with Crippen LogP contribution < -0.4 is 5.32 Å². The molecule has 16 heavy (non-hydrogen) atoms. The monoisotopic (exact) mass is 222 g/mol. The van der Waals surface area contributed by atoms with E-state index in [-0.39, 0.29) is 0 Å². The lowest BCUT2D eigenvalue weighted by Gasteiger charge is -2.30. The van der Waals surface area contributed by atoms with Crippen molar-refractivity contribution in [3.05, 3.63) is 18.0 Å². The Kier molecular flexibility index (Phi) is 4.36. The largest absolute Gasteiger partial charge is 0.310 e. The fourth-order valence-electron chi connectivity index (χ4n) is 2.13. The van der Waals surface area contributed by atoms with Crippen LogP contribution in [0.15, 0.2) is 12.3 Å². The second-order valence-electron chi connectivity index (χ2n) is 4.78. The highest BCUT2D eigenvalue weighted by Crippen LogP contribution is 2.14. The van der Waals surface area contributed by atoms with E-state index in [4.69, 9.17) is 0 Å². The van der Waals surface area contributed by atoms with Crippen molar-refractivity contribution < 1.29 is 0 Å². The van der Waals surface area contributed by atoms with Gasteiger partial charge in [-0.1, -0.05) is 6.92 Å². The molecular formula is C12H22N4. The van der Waals surface area contributed by atoms with Crippen LogP contribution in [0, 0.1) is 5.92 Å². The van der Waals surface area contributed by atoms with E-state index in [9.17, 15) is 0 Å². The van der Waals surface area contributed by atoms with Crippen LogP contribution in [0.3, 0.4) is 0 Å². The molecule has 1 saturated heterocycles. The van der Waals surface area contributed by atoms with Crippen molar-refractivity contribution in [3.63, 3.8) is 0 Å². The predicted octanol–water partition coefficient (Wildman–Crippen LogP) is 1.23. The number of piperidine rings is 1. The third kappa shape index (κ3) is 3.61. The Morgan fingerprint density at radius 1 is 1.50 bits per heavy atom. The molecule has 0 saturated carbocycles. The number of nitrogens with one attached hydrogen (secondary N) is 2. The van der Waals surface area contributed by atoms with Gasteiger partial charge in [-0.15, -0.1) is 0 Å². The predicted molar refractivity (Wildman–Crippen MR) is 65.1 cm³/mol. The van der Waals surface area contributed by atoms with Gasteiger partial charge in [0.2, 0.25) is 0 Å². The Hall–Kier alpha value is -0.870. The summed E-state index contributed by atoms with van der Waals surface area (Å²) in [4.78, 5) is 2.56. The molecule has 4 heteroatoms. The summed E-state index contributed by atoms with van der Waals surface area (Å²) in [5, 5.41) is 10.3. The van der Waals surface area contributed by atoms with E-state index in [0.29, 0.717) is 0 Å². The molecule has 1 aliphatic heterocycles. The van der Waals surface area contributed by atoms with Gasteiger partial charge in [-0.25, -0.2) is 0 Å². The first-order valence-corrected chi connectivity index (χ1v) is 6.26. The van der Waals surface area contributed by atoms with Gasteiger partial charge in [0.25, 0.3) is 0 Å². The summed E-state index contributed by atoms with van der Waals surface area (Å²) in [5.41, 5.74) is 1.16. The highest BCUT2D eigenvalue weighted by atomic mass is 15.1. The van der Waals surface area contributed by atoms with Crippen LogP contribution in [-0.2, 0) is 6.54 Å². The van der Waals surface area contributed by atoms with Gasteiger partial charge in [-0.05, 0) is 37.9 Å². The fourth-order valence-corrected chi connectivity index (χ4v) is 2.13. The van der Waals surface area contributed by atoms with Crippen molar-refractivity contribution in [3.8, 4) is 0 Å². The number of rotatable bonds is 5. The topological polar surface area (TPSA) is 44.0 Å². The standard InChI is InChI=1S/C12H22N4/c1-11-3-7-16(8-4-11)9-6-13-10-12-2-5-14-15-12/h2,5,11,13H,3-4,6-10H2,1H3,(H,14,15). The van der Waals surface area contributed by atoms with Crippen molar-refractivity contribution in [2.45, 2.75) is 26.3 Å². The molecule has 1 fully saturated rings. The maximum atomic E-state index is 3.92. The number of aromatic amines is 1. The Bertz CT molecular complexity index is 275. The lowest BCUT2D eigenvalue weighted by atomic mass is 9.99. The first-order chi connectivity index (χ1) is 7.84. The summed E-state index contributed by atoms with van der Waals surface area (Å²) in [5.74, 6) is 0.925. The number of nitrogens with zero attached hydrogens (tertiary/aromatic N) is 2. The summed E-state index contributed by atoms with van der Waals surface area (Å²) in [6, 6.07) is 2.01. The summed E-state index contributed by atoms with van der Waals surface area (Å²) >= 11 is 0. The van der Waals surface area contributed by atoms with Crippen molar-refractivity contribution in [2.75, 3.05) is 26.2 Å². The minimum atomic E-state index is 0.893. The Labute approximate surface area is 97.4 Å². The lowest BCUT2D eigenvalue weighted by Crippen LogP contribution is -2.37. The molecule has 1 aromatic rings. The molecule has 0 amide bonds. The molecule has 2 N–H and O–H groups in total. The van der Waals surface area contributed by atoms with Crippen LogP contribution in [0.1, 0.15) is 25.5 Å². The second-order valence-corrected chi connectivity index (χ2v) is 4.78. The average Bonchev–Trinajstić information content (AvgIpc) is 2.80. The fraction of sp³-hybridized carbons (Fsp3) is 0.750. The molecule has 2 heterocycles. The normalized spacial score (nSPS) is 19.1. The molecule has 0 bridgehead atoms. The molecule has 0 radical (unpaired) electrons. The number of likely N-dealkylation sites (tertiary alicyclic amines) is 1. The Morgan fingerprint density at radius 3 is 3.00 bits per heavy atom. The maximum absolute atomic E-state index is 3.92. The van der Waals surface area contributed by atoms with Gasteiger partial charge in [0.15, 0.2) is 0 Å². The summed E-state index contributed by atoms with van der Waals surface area (Å²) in [7, 11) is 0. The molecule has 0 aromatic carbocycles. The molecule has 4 nitrogen and oxygen atoms in total. The van der Waals surface area contributed by atoms with E-state index in [1.54, 1.807) is 6.20 Å². The molecular weight excluding hydrogens is 200 g/mol. The van der Waals surface area contributed by atoms with E-state index < -0.39 is 0 Å². The van der Waals surface area contributed by atoms with Crippen LogP contribution in [0.5, 0.6) is 0 Å². The van der Waals surface area contributed by atoms with Gasteiger partial charge >= 0.3 is 0 Å². The summed E-state index contributed by atoms with van der Waals surface area (Å²) in [6.45, 7) is 8.02. The van der Waals surface area contributed by atoms with E-state index in [1.807, 2.05) is 6.07 Å². The van der Waals surface area contributed by atoms with Crippen molar-refractivity contribution >= 4 is 0 Å². The van der Waals surface area contributed by atoms with Crippen molar-refractivity contribution in [1.82, 2.24) is 20.4 Å². The summed E-state index contributed by atoms with van der Waals surface area (Å²) in [6.07, 6.45) is 4.52.